The normalized spacial score (nSPS) is 13.0. The van der Waals surface area contributed by atoms with E-state index in [-0.39, 0.29) is 17.6 Å². The number of benzene rings is 1. The monoisotopic (exact) mass is 355 g/mol. The molecule has 7 heteroatoms. The summed E-state index contributed by atoms with van der Waals surface area (Å²) in [5.41, 5.74) is 0.542. The number of carbonyl (C=O) groups is 1. The Hall–Kier alpha value is -1.66. The van der Waals surface area contributed by atoms with Crippen LogP contribution in [0.4, 0.5) is 0 Å². The maximum atomic E-state index is 11.7. The van der Waals surface area contributed by atoms with Gasteiger partial charge in [0.1, 0.15) is 20.7 Å². The van der Waals surface area contributed by atoms with E-state index >= 15 is 0 Å². The van der Waals surface area contributed by atoms with Crippen LogP contribution in [0.3, 0.4) is 0 Å². The Morgan fingerprint density at radius 3 is 2.65 bits per heavy atom. The van der Waals surface area contributed by atoms with E-state index in [1.54, 1.807) is 31.3 Å². The van der Waals surface area contributed by atoms with E-state index in [1.807, 2.05) is 0 Å². The van der Waals surface area contributed by atoms with Crippen molar-refractivity contribution in [3.05, 3.63) is 35.1 Å². The number of carbonyl (C=O) groups excluding carboxylic acids is 1. The molecule has 1 aromatic carbocycles. The molecule has 0 aliphatic heterocycles. The van der Waals surface area contributed by atoms with E-state index in [1.165, 1.54) is 13.2 Å². The van der Waals surface area contributed by atoms with E-state index in [0.29, 0.717) is 33.7 Å². The van der Waals surface area contributed by atoms with Crippen LogP contribution in [0.25, 0.3) is 10.8 Å². The highest BCUT2D eigenvalue weighted by molar-refractivity contribution is 7.90. The quantitative estimate of drug-likeness (QED) is 0.587. The summed E-state index contributed by atoms with van der Waals surface area (Å²) in [5.74, 6) is 0.533. The predicted octanol–water partition coefficient (Wildman–Crippen LogP) is 3.29. The molecular formula is C16H18ClNO4S. The molecule has 0 saturated carbocycles. The molecule has 0 N–H and O–H groups in total. The number of Topliss-reactive ketones (excluding diaryl/α,β-unsaturated/α-hetero) is 1. The molecule has 2 rings (SSSR count). The molecule has 5 nitrogen and oxygen atoms in total. The third kappa shape index (κ3) is 4.65. The molecule has 0 spiro atoms. The Kier molecular flexibility index (Phi) is 5.26. The topological polar surface area (TPSA) is 73.3 Å². The summed E-state index contributed by atoms with van der Waals surface area (Å²) in [6.07, 6.45) is 2.85. The number of hydrogen-bond donors (Lipinski definition) is 0. The third-order valence-electron chi connectivity index (χ3n) is 3.43. The number of rotatable bonds is 6. The summed E-state index contributed by atoms with van der Waals surface area (Å²) in [7, 11) is -3.03. The van der Waals surface area contributed by atoms with Crippen LogP contribution in [-0.2, 0) is 9.84 Å². The molecule has 0 amide bonds. The molecule has 0 bridgehead atoms. The second-order valence-corrected chi connectivity index (χ2v) is 8.21. The van der Waals surface area contributed by atoms with E-state index in [0.717, 1.165) is 0 Å². The summed E-state index contributed by atoms with van der Waals surface area (Å²) in [6, 6.07) is 5.01. The molecule has 23 heavy (non-hydrogen) atoms. The lowest BCUT2D eigenvalue weighted by atomic mass is 10.0. The average Bonchev–Trinajstić information content (AvgIpc) is 2.44. The van der Waals surface area contributed by atoms with Crippen molar-refractivity contribution < 1.29 is 17.9 Å². The van der Waals surface area contributed by atoms with Gasteiger partial charge in [-0.05, 0) is 38.5 Å². The second-order valence-electron chi connectivity index (χ2n) is 5.57. The van der Waals surface area contributed by atoms with Crippen molar-refractivity contribution in [2.75, 3.05) is 12.0 Å². The summed E-state index contributed by atoms with van der Waals surface area (Å²) in [6.45, 7) is 3.29. The first-order valence-corrected chi connectivity index (χ1v) is 9.55. The molecule has 1 atom stereocenters. The number of aromatic nitrogens is 1. The maximum Gasteiger partial charge on any atom is 0.160 e. The lowest BCUT2D eigenvalue weighted by Crippen LogP contribution is -2.17. The van der Waals surface area contributed by atoms with Gasteiger partial charge in [-0.2, -0.15) is 0 Å². The van der Waals surface area contributed by atoms with Crippen molar-refractivity contribution in [2.24, 2.45) is 0 Å². The molecular weight excluding hydrogens is 338 g/mol. The largest absolute Gasteiger partial charge is 0.490 e. The number of ketones is 1. The van der Waals surface area contributed by atoms with Crippen molar-refractivity contribution in [2.45, 2.75) is 26.4 Å². The maximum absolute atomic E-state index is 11.7. The smallest absolute Gasteiger partial charge is 0.160 e. The Labute approximate surface area is 140 Å². The number of fused-ring (bicyclic) bond motifs is 1. The fourth-order valence-corrected chi connectivity index (χ4v) is 3.17. The van der Waals surface area contributed by atoms with Gasteiger partial charge in [-0.1, -0.05) is 11.6 Å². The molecule has 1 unspecified atom stereocenters. The molecule has 0 fully saturated rings. The van der Waals surface area contributed by atoms with Crippen molar-refractivity contribution in [1.29, 1.82) is 0 Å². The first kappa shape index (κ1) is 17.7. The first-order chi connectivity index (χ1) is 10.7. The van der Waals surface area contributed by atoms with Crippen LogP contribution >= 0.6 is 11.6 Å². The summed E-state index contributed by atoms with van der Waals surface area (Å²) >= 11 is 5.92. The number of hydrogen-bond acceptors (Lipinski definition) is 5. The number of halogens is 1. The summed E-state index contributed by atoms with van der Waals surface area (Å²) in [4.78, 5) is 15.8. The zero-order chi connectivity index (χ0) is 17.2. The van der Waals surface area contributed by atoms with Crippen molar-refractivity contribution in [3.8, 4) is 5.75 Å². The van der Waals surface area contributed by atoms with Crippen LogP contribution in [0.5, 0.6) is 5.75 Å². The fourth-order valence-electron chi connectivity index (χ4n) is 2.25. The predicted molar refractivity (Wildman–Crippen MR) is 91.2 cm³/mol. The minimum atomic E-state index is -3.03. The molecule has 1 aromatic heterocycles. The van der Waals surface area contributed by atoms with Gasteiger partial charge in [-0.3, -0.25) is 4.79 Å². The number of nitrogens with zero attached hydrogens (tertiary/aromatic N) is 1. The van der Waals surface area contributed by atoms with E-state index < -0.39 is 9.84 Å². The highest BCUT2D eigenvalue weighted by Crippen LogP contribution is 2.31. The minimum Gasteiger partial charge on any atom is -0.490 e. The highest BCUT2D eigenvalue weighted by Gasteiger charge is 2.14. The summed E-state index contributed by atoms with van der Waals surface area (Å²) < 4.78 is 28.3. The van der Waals surface area contributed by atoms with Gasteiger partial charge >= 0.3 is 0 Å². The van der Waals surface area contributed by atoms with Crippen LogP contribution < -0.4 is 4.74 Å². The lowest BCUT2D eigenvalue weighted by Gasteiger charge is -2.17. The van der Waals surface area contributed by atoms with Gasteiger partial charge in [0.05, 0.1) is 11.9 Å². The second kappa shape index (κ2) is 6.84. The molecule has 0 aliphatic rings. The lowest BCUT2D eigenvalue weighted by molar-refractivity contribution is 0.101. The minimum absolute atomic E-state index is 0.0572. The Morgan fingerprint density at radius 2 is 2.04 bits per heavy atom. The van der Waals surface area contributed by atoms with Gasteiger partial charge in [0, 0.05) is 28.8 Å². The molecule has 1 heterocycles. The van der Waals surface area contributed by atoms with Gasteiger partial charge in [-0.15, -0.1) is 0 Å². The van der Waals surface area contributed by atoms with Gasteiger partial charge < -0.3 is 4.74 Å². The molecule has 0 radical (unpaired) electrons. The van der Waals surface area contributed by atoms with Crippen LogP contribution in [0.1, 0.15) is 30.6 Å². The average molecular weight is 356 g/mol. The Morgan fingerprint density at radius 1 is 1.35 bits per heavy atom. The van der Waals surface area contributed by atoms with Gasteiger partial charge in [-0.25, -0.2) is 13.4 Å². The first-order valence-electron chi connectivity index (χ1n) is 7.11. The molecule has 0 aliphatic carbocycles. The van der Waals surface area contributed by atoms with Crippen molar-refractivity contribution in [3.63, 3.8) is 0 Å². The SMILES string of the molecule is CC(=O)c1ccc(OC(C)CCS(C)(=O)=O)c2cnc(Cl)cc12. The number of sulfone groups is 1. The number of ether oxygens (including phenoxy) is 1. The molecule has 124 valence electrons. The van der Waals surface area contributed by atoms with Gasteiger partial charge in [0.25, 0.3) is 0 Å². The van der Waals surface area contributed by atoms with Crippen LogP contribution in [0.15, 0.2) is 24.4 Å². The van der Waals surface area contributed by atoms with Crippen LogP contribution in [0, 0.1) is 0 Å². The highest BCUT2D eigenvalue weighted by atomic mass is 35.5. The standard InChI is InChI=1S/C16H18ClNO4S/c1-10(6-7-23(3,20)21)22-15-5-4-12(11(2)19)13-8-16(17)18-9-14(13)15/h4-5,8-10H,6-7H2,1-3H3. The fraction of sp³-hybridized carbons (Fsp3) is 0.375. The molecule has 2 aromatic rings. The Balaban J connectivity index is 2.35. The zero-order valence-corrected chi connectivity index (χ0v) is 14.7. The van der Waals surface area contributed by atoms with Crippen molar-refractivity contribution >= 4 is 38.0 Å². The molecule has 0 saturated heterocycles. The van der Waals surface area contributed by atoms with Gasteiger partial charge in [0.15, 0.2) is 5.78 Å². The van der Waals surface area contributed by atoms with Crippen molar-refractivity contribution in [1.82, 2.24) is 4.98 Å². The number of pyridine rings is 1. The van der Waals surface area contributed by atoms with E-state index in [4.69, 9.17) is 16.3 Å². The zero-order valence-electron chi connectivity index (χ0n) is 13.2. The van der Waals surface area contributed by atoms with Crippen LogP contribution in [-0.4, -0.2) is 37.3 Å². The van der Waals surface area contributed by atoms with Crippen LogP contribution in [0.2, 0.25) is 5.15 Å². The summed E-state index contributed by atoms with van der Waals surface area (Å²) in [5, 5.41) is 1.64. The van der Waals surface area contributed by atoms with Gasteiger partial charge in [0.2, 0.25) is 0 Å². The van der Waals surface area contributed by atoms with E-state index in [2.05, 4.69) is 4.98 Å². The third-order valence-corrected chi connectivity index (χ3v) is 4.61. The Bertz CT molecular complexity index is 849. The van der Waals surface area contributed by atoms with E-state index in [9.17, 15) is 13.2 Å².